The number of fused-ring (bicyclic) bond motifs is 1. The number of nitrogens with one attached hydrogen (secondary N) is 1. The third-order valence-electron chi connectivity index (χ3n) is 3.20. The summed E-state index contributed by atoms with van der Waals surface area (Å²) in [6.07, 6.45) is 4.47. The van der Waals surface area contributed by atoms with Gasteiger partial charge >= 0.3 is 0 Å². The van der Waals surface area contributed by atoms with Gasteiger partial charge in [-0.25, -0.2) is 0 Å². The number of carbonyl (C=O) groups excluding carboxylic acids is 1. The van der Waals surface area contributed by atoms with Crippen LogP contribution in [0.1, 0.15) is 31.7 Å². The molecule has 1 N–H and O–H groups in total. The second-order valence-electron chi connectivity index (χ2n) is 4.88. The summed E-state index contributed by atoms with van der Waals surface area (Å²) in [5, 5.41) is 8.39. The first-order chi connectivity index (χ1) is 9.20. The number of hydrogen-bond acceptors (Lipinski definition) is 2. The summed E-state index contributed by atoms with van der Waals surface area (Å²) in [4.78, 5) is 11.7. The molecule has 1 aromatic carbocycles. The lowest BCUT2D eigenvalue weighted by molar-refractivity contribution is -0.121. The van der Waals surface area contributed by atoms with Crippen LogP contribution in [0, 0.1) is 6.92 Å². The first kappa shape index (κ1) is 13.6. The van der Waals surface area contributed by atoms with Gasteiger partial charge in [-0.15, -0.1) is 0 Å². The fourth-order valence-electron chi connectivity index (χ4n) is 2.06. The number of hydrogen-bond donors (Lipinski definition) is 1. The van der Waals surface area contributed by atoms with Crippen molar-refractivity contribution in [1.82, 2.24) is 15.1 Å². The van der Waals surface area contributed by atoms with Crippen LogP contribution >= 0.6 is 0 Å². The minimum absolute atomic E-state index is 0.102. The smallest absolute Gasteiger partial charge is 0.221 e. The van der Waals surface area contributed by atoms with Crippen molar-refractivity contribution in [1.29, 1.82) is 0 Å². The molecule has 1 aromatic heterocycles. The predicted octanol–water partition coefficient (Wildman–Crippen LogP) is 2.65. The maximum Gasteiger partial charge on any atom is 0.221 e. The zero-order valence-corrected chi connectivity index (χ0v) is 11.6. The third-order valence-corrected chi connectivity index (χ3v) is 3.20. The summed E-state index contributed by atoms with van der Waals surface area (Å²) in [7, 11) is 0. The number of benzene rings is 1. The molecule has 4 nitrogen and oxygen atoms in total. The molecule has 2 rings (SSSR count). The van der Waals surface area contributed by atoms with Gasteiger partial charge in [-0.05, 0) is 25.0 Å². The normalized spacial score (nSPS) is 10.8. The van der Waals surface area contributed by atoms with Crippen molar-refractivity contribution >= 4 is 16.8 Å². The average Bonchev–Trinajstić information content (AvgIpc) is 2.79. The lowest BCUT2D eigenvalue weighted by atomic mass is 10.2. The van der Waals surface area contributed by atoms with Gasteiger partial charge in [0.25, 0.3) is 0 Å². The van der Waals surface area contributed by atoms with Crippen LogP contribution in [0.5, 0.6) is 0 Å². The molecule has 0 aliphatic heterocycles. The Morgan fingerprint density at radius 2 is 2.26 bits per heavy atom. The molecule has 1 amide bonds. The number of unbranched alkanes of at least 4 members (excludes halogenated alkanes) is 1. The fraction of sp³-hybridized carbons (Fsp3) is 0.467. The van der Waals surface area contributed by atoms with Crippen LogP contribution in [0.15, 0.2) is 24.4 Å². The topological polar surface area (TPSA) is 46.9 Å². The summed E-state index contributed by atoms with van der Waals surface area (Å²) in [5.41, 5.74) is 2.31. The lowest BCUT2D eigenvalue weighted by Crippen LogP contribution is -2.25. The van der Waals surface area contributed by atoms with Gasteiger partial charge in [0, 0.05) is 18.4 Å². The van der Waals surface area contributed by atoms with E-state index in [0.717, 1.165) is 30.3 Å². The van der Waals surface area contributed by atoms with Crippen molar-refractivity contribution in [2.24, 2.45) is 0 Å². The molecular formula is C15H21N3O. The minimum Gasteiger partial charge on any atom is -0.356 e. The Labute approximate surface area is 113 Å². The molecule has 0 saturated carbocycles. The SMILES string of the molecule is CCCCNC(=O)CCn1ncc2ccc(C)cc21. The summed E-state index contributed by atoms with van der Waals surface area (Å²) in [6, 6.07) is 6.25. The Bertz CT molecular complexity index is 560. The molecule has 0 radical (unpaired) electrons. The van der Waals surface area contributed by atoms with E-state index in [9.17, 15) is 4.79 Å². The lowest BCUT2D eigenvalue weighted by Gasteiger charge is -2.06. The van der Waals surface area contributed by atoms with E-state index in [2.05, 4.69) is 42.5 Å². The van der Waals surface area contributed by atoms with Gasteiger partial charge in [-0.1, -0.05) is 25.5 Å². The largest absolute Gasteiger partial charge is 0.356 e. The maximum absolute atomic E-state index is 11.7. The average molecular weight is 259 g/mol. The van der Waals surface area contributed by atoms with Crippen molar-refractivity contribution in [3.8, 4) is 0 Å². The molecule has 0 bridgehead atoms. The quantitative estimate of drug-likeness (QED) is 0.811. The Kier molecular flexibility index (Phi) is 4.55. The Balaban J connectivity index is 1.94. The first-order valence-electron chi connectivity index (χ1n) is 6.89. The van der Waals surface area contributed by atoms with Crippen LogP contribution in [0.2, 0.25) is 0 Å². The second-order valence-corrected chi connectivity index (χ2v) is 4.88. The predicted molar refractivity (Wildman–Crippen MR) is 77.0 cm³/mol. The van der Waals surface area contributed by atoms with Crippen molar-refractivity contribution in [3.63, 3.8) is 0 Å². The molecule has 0 spiro atoms. The summed E-state index contributed by atoms with van der Waals surface area (Å²) in [6.45, 7) is 5.58. The van der Waals surface area contributed by atoms with Gasteiger partial charge in [0.05, 0.1) is 18.3 Å². The number of amides is 1. The van der Waals surface area contributed by atoms with E-state index in [0.29, 0.717) is 13.0 Å². The minimum atomic E-state index is 0.102. The molecule has 1 heterocycles. The zero-order chi connectivity index (χ0) is 13.7. The molecule has 0 fully saturated rings. The molecule has 4 heteroatoms. The molecule has 0 saturated heterocycles. The number of aryl methyl sites for hydroxylation is 2. The fourth-order valence-corrected chi connectivity index (χ4v) is 2.06. The van der Waals surface area contributed by atoms with Gasteiger partial charge in [0.2, 0.25) is 5.91 Å². The summed E-state index contributed by atoms with van der Waals surface area (Å²) in [5.74, 6) is 0.102. The zero-order valence-electron chi connectivity index (χ0n) is 11.6. The maximum atomic E-state index is 11.7. The molecule has 0 aliphatic carbocycles. The van der Waals surface area contributed by atoms with E-state index in [-0.39, 0.29) is 5.91 Å². The van der Waals surface area contributed by atoms with E-state index in [1.807, 2.05) is 10.9 Å². The van der Waals surface area contributed by atoms with Crippen molar-refractivity contribution in [2.75, 3.05) is 6.54 Å². The molecule has 0 aliphatic rings. The number of carbonyl (C=O) groups is 1. The van der Waals surface area contributed by atoms with Gasteiger partial charge in [0.1, 0.15) is 0 Å². The van der Waals surface area contributed by atoms with Crippen molar-refractivity contribution in [3.05, 3.63) is 30.0 Å². The summed E-state index contributed by atoms with van der Waals surface area (Å²) < 4.78 is 1.90. The standard InChI is InChI=1S/C15H21N3O/c1-3-4-8-16-15(19)7-9-18-14-10-12(2)5-6-13(14)11-17-18/h5-6,10-11H,3-4,7-9H2,1-2H3,(H,16,19). The summed E-state index contributed by atoms with van der Waals surface area (Å²) >= 11 is 0. The van der Waals surface area contributed by atoms with E-state index >= 15 is 0 Å². The van der Waals surface area contributed by atoms with Crippen LogP contribution in [-0.4, -0.2) is 22.2 Å². The third kappa shape index (κ3) is 3.56. The Morgan fingerprint density at radius 3 is 3.05 bits per heavy atom. The highest BCUT2D eigenvalue weighted by atomic mass is 16.1. The van der Waals surface area contributed by atoms with Gasteiger partial charge in [-0.2, -0.15) is 5.10 Å². The molecule has 102 valence electrons. The monoisotopic (exact) mass is 259 g/mol. The van der Waals surface area contributed by atoms with Gasteiger partial charge in [-0.3, -0.25) is 9.48 Å². The van der Waals surface area contributed by atoms with Crippen LogP contribution in [0.25, 0.3) is 10.9 Å². The van der Waals surface area contributed by atoms with Crippen LogP contribution < -0.4 is 5.32 Å². The van der Waals surface area contributed by atoms with Gasteiger partial charge in [0.15, 0.2) is 0 Å². The highest BCUT2D eigenvalue weighted by Crippen LogP contribution is 2.15. The van der Waals surface area contributed by atoms with Crippen molar-refractivity contribution in [2.45, 2.75) is 39.7 Å². The number of nitrogens with zero attached hydrogens (tertiary/aromatic N) is 2. The van der Waals surface area contributed by atoms with Gasteiger partial charge < -0.3 is 5.32 Å². The van der Waals surface area contributed by atoms with E-state index < -0.39 is 0 Å². The molecular weight excluding hydrogens is 238 g/mol. The van der Waals surface area contributed by atoms with E-state index in [4.69, 9.17) is 0 Å². The highest BCUT2D eigenvalue weighted by molar-refractivity contribution is 5.80. The Hall–Kier alpha value is -1.84. The number of aromatic nitrogens is 2. The van der Waals surface area contributed by atoms with Crippen LogP contribution in [-0.2, 0) is 11.3 Å². The first-order valence-corrected chi connectivity index (χ1v) is 6.89. The Morgan fingerprint density at radius 1 is 1.42 bits per heavy atom. The van der Waals surface area contributed by atoms with Crippen LogP contribution in [0.3, 0.4) is 0 Å². The van der Waals surface area contributed by atoms with Crippen molar-refractivity contribution < 1.29 is 4.79 Å². The molecule has 19 heavy (non-hydrogen) atoms. The van der Waals surface area contributed by atoms with E-state index in [1.165, 1.54) is 5.56 Å². The highest BCUT2D eigenvalue weighted by Gasteiger charge is 2.05. The van der Waals surface area contributed by atoms with Crippen LogP contribution in [0.4, 0.5) is 0 Å². The van der Waals surface area contributed by atoms with E-state index in [1.54, 1.807) is 0 Å². The molecule has 0 unspecified atom stereocenters. The second kappa shape index (κ2) is 6.36. The number of rotatable bonds is 6. The molecule has 2 aromatic rings. The molecule has 0 atom stereocenters.